The van der Waals surface area contributed by atoms with Crippen LogP contribution in [0.1, 0.15) is 43.4 Å². The van der Waals surface area contributed by atoms with Crippen LogP contribution >= 0.6 is 0 Å². The van der Waals surface area contributed by atoms with E-state index >= 15 is 0 Å². The SMILES string of the molecule is CC(NC(=O)C1CCN(c2cnccn2)CC1)c1ccc2c(c1)CCC(=O)N2. The third-order valence-corrected chi connectivity index (χ3v) is 5.62. The lowest BCUT2D eigenvalue weighted by molar-refractivity contribution is -0.126. The van der Waals surface area contributed by atoms with Gasteiger partial charge in [-0.15, -0.1) is 0 Å². The van der Waals surface area contributed by atoms with Gasteiger partial charge in [-0.05, 0) is 43.4 Å². The van der Waals surface area contributed by atoms with E-state index in [1.807, 2.05) is 19.1 Å². The first-order valence-corrected chi connectivity index (χ1v) is 9.84. The van der Waals surface area contributed by atoms with Gasteiger partial charge in [0.25, 0.3) is 0 Å². The van der Waals surface area contributed by atoms with Crippen LogP contribution in [0.15, 0.2) is 36.8 Å². The second-order valence-corrected chi connectivity index (χ2v) is 7.52. The van der Waals surface area contributed by atoms with Crippen LogP contribution in [0.2, 0.25) is 0 Å². The topological polar surface area (TPSA) is 87.2 Å². The number of carbonyl (C=O) groups excluding carboxylic acids is 2. The van der Waals surface area contributed by atoms with Crippen LogP contribution in [0.3, 0.4) is 0 Å². The molecule has 0 bridgehead atoms. The van der Waals surface area contributed by atoms with Crippen molar-refractivity contribution in [1.29, 1.82) is 0 Å². The van der Waals surface area contributed by atoms with Gasteiger partial charge in [0.1, 0.15) is 5.82 Å². The molecule has 28 heavy (non-hydrogen) atoms. The van der Waals surface area contributed by atoms with Crippen LogP contribution in [0.25, 0.3) is 0 Å². The molecular weight excluding hydrogens is 354 g/mol. The molecule has 1 unspecified atom stereocenters. The Labute approximate surface area is 164 Å². The lowest BCUT2D eigenvalue weighted by Crippen LogP contribution is -2.41. The maximum atomic E-state index is 12.7. The van der Waals surface area contributed by atoms with Gasteiger partial charge in [0, 0.05) is 43.5 Å². The van der Waals surface area contributed by atoms with Crippen LogP contribution in [-0.4, -0.2) is 34.9 Å². The lowest BCUT2D eigenvalue weighted by atomic mass is 9.94. The fourth-order valence-electron chi connectivity index (χ4n) is 3.91. The van der Waals surface area contributed by atoms with E-state index in [4.69, 9.17) is 0 Å². The summed E-state index contributed by atoms with van der Waals surface area (Å²) in [4.78, 5) is 34.9. The Morgan fingerprint density at radius 3 is 2.82 bits per heavy atom. The second kappa shape index (κ2) is 7.96. The first-order chi connectivity index (χ1) is 13.6. The molecule has 2 aromatic rings. The highest BCUT2D eigenvalue weighted by molar-refractivity contribution is 5.93. The summed E-state index contributed by atoms with van der Waals surface area (Å²) in [5, 5.41) is 6.06. The molecule has 0 aliphatic carbocycles. The van der Waals surface area contributed by atoms with Crippen molar-refractivity contribution in [2.75, 3.05) is 23.3 Å². The summed E-state index contributed by atoms with van der Waals surface area (Å²) in [5.74, 6) is 1.06. The van der Waals surface area contributed by atoms with Crippen LogP contribution in [0.4, 0.5) is 11.5 Å². The summed E-state index contributed by atoms with van der Waals surface area (Å²) in [6.45, 7) is 3.63. The molecule has 2 amide bonds. The first-order valence-electron chi connectivity index (χ1n) is 9.84. The number of amides is 2. The molecule has 0 saturated carbocycles. The molecule has 1 saturated heterocycles. The molecular formula is C21H25N5O2. The Morgan fingerprint density at radius 1 is 1.25 bits per heavy atom. The summed E-state index contributed by atoms with van der Waals surface area (Å²) in [6.07, 6.45) is 8.01. The van der Waals surface area contributed by atoms with E-state index in [1.54, 1.807) is 18.6 Å². The number of nitrogens with one attached hydrogen (secondary N) is 2. The summed E-state index contributed by atoms with van der Waals surface area (Å²) in [7, 11) is 0. The molecule has 7 heteroatoms. The van der Waals surface area contributed by atoms with Crippen molar-refractivity contribution in [3.05, 3.63) is 47.9 Å². The van der Waals surface area contributed by atoms with Gasteiger partial charge in [-0.3, -0.25) is 14.6 Å². The summed E-state index contributed by atoms with van der Waals surface area (Å²) in [5.41, 5.74) is 3.09. The minimum Gasteiger partial charge on any atom is -0.355 e. The number of hydrogen-bond acceptors (Lipinski definition) is 5. The van der Waals surface area contributed by atoms with E-state index < -0.39 is 0 Å². The van der Waals surface area contributed by atoms with E-state index in [-0.39, 0.29) is 23.8 Å². The Balaban J connectivity index is 1.33. The average Bonchev–Trinajstić information content (AvgIpc) is 2.74. The van der Waals surface area contributed by atoms with Gasteiger partial charge in [0.2, 0.25) is 11.8 Å². The number of nitrogens with zero attached hydrogens (tertiary/aromatic N) is 3. The number of rotatable bonds is 4. The first kappa shape index (κ1) is 18.4. The number of anilines is 2. The Hall–Kier alpha value is -2.96. The zero-order chi connectivity index (χ0) is 19.5. The predicted molar refractivity (Wildman–Crippen MR) is 107 cm³/mol. The van der Waals surface area contributed by atoms with E-state index in [1.165, 1.54) is 0 Å². The van der Waals surface area contributed by atoms with Crippen molar-refractivity contribution in [2.24, 2.45) is 5.92 Å². The minimum absolute atomic E-state index is 0.0206. The molecule has 3 heterocycles. The smallest absolute Gasteiger partial charge is 0.224 e. The molecule has 0 radical (unpaired) electrons. The molecule has 1 aromatic heterocycles. The average molecular weight is 379 g/mol. The third kappa shape index (κ3) is 3.98. The number of carbonyl (C=O) groups is 2. The Morgan fingerprint density at radius 2 is 2.07 bits per heavy atom. The number of piperidine rings is 1. The maximum absolute atomic E-state index is 12.7. The van der Waals surface area contributed by atoms with Crippen molar-refractivity contribution in [3.8, 4) is 0 Å². The van der Waals surface area contributed by atoms with Crippen molar-refractivity contribution in [2.45, 2.75) is 38.6 Å². The normalized spacial score (nSPS) is 18.2. The van der Waals surface area contributed by atoms with Gasteiger partial charge in [0.15, 0.2) is 0 Å². The minimum atomic E-state index is -0.0616. The fourth-order valence-corrected chi connectivity index (χ4v) is 3.91. The standard InChI is InChI=1S/C21H25N5O2/c1-14(16-2-4-18-17(12-16)3-5-20(27)25-18)24-21(28)15-6-10-26(11-7-15)19-13-22-8-9-23-19/h2,4,8-9,12-15H,3,5-7,10-11H2,1H3,(H,24,28)(H,25,27). The number of benzene rings is 1. The van der Waals surface area contributed by atoms with Crippen LogP contribution in [-0.2, 0) is 16.0 Å². The molecule has 7 nitrogen and oxygen atoms in total. The van der Waals surface area contributed by atoms with Crippen LogP contribution in [0.5, 0.6) is 0 Å². The molecule has 4 rings (SSSR count). The van der Waals surface area contributed by atoms with Crippen molar-refractivity contribution >= 4 is 23.3 Å². The van der Waals surface area contributed by atoms with Crippen molar-refractivity contribution in [1.82, 2.24) is 15.3 Å². The van der Waals surface area contributed by atoms with Gasteiger partial charge < -0.3 is 15.5 Å². The highest BCUT2D eigenvalue weighted by Crippen LogP contribution is 2.27. The quantitative estimate of drug-likeness (QED) is 0.852. The highest BCUT2D eigenvalue weighted by Gasteiger charge is 2.27. The molecule has 1 atom stereocenters. The predicted octanol–water partition coefficient (Wildman–Crippen LogP) is 2.46. The second-order valence-electron chi connectivity index (χ2n) is 7.52. The number of aromatic nitrogens is 2. The van der Waals surface area contributed by atoms with Gasteiger partial charge in [-0.25, -0.2) is 4.98 Å². The van der Waals surface area contributed by atoms with Crippen LogP contribution in [0, 0.1) is 5.92 Å². The van der Waals surface area contributed by atoms with Crippen molar-refractivity contribution < 1.29 is 9.59 Å². The maximum Gasteiger partial charge on any atom is 0.224 e. The van der Waals surface area contributed by atoms with Crippen molar-refractivity contribution in [3.63, 3.8) is 0 Å². The Kier molecular flexibility index (Phi) is 5.23. The largest absolute Gasteiger partial charge is 0.355 e. The van der Waals surface area contributed by atoms with E-state index in [0.29, 0.717) is 6.42 Å². The van der Waals surface area contributed by atoms with Gasteiger partial charge in [0.05, 0.1) is 12.2 Å². The third-order valence-electron chi connectivity index (χ3n) is 5.62. The lowest BCUT2D eigenvalue weighted by Gasteiger charge is -2.32. The summed E-state index contributed by atoms with van der Waals surface area (Å²) in [6, 6.07) is 5.94. The van der Waals surface area contributed by atoms with Crippen LogP contribution < -0.4 is 15.5 Å². The van der Waals surface area contributed by atoms with Gasteiger partial charge in [-0.1, -0.05) is 12.1 Å². The molecule has 0 spiro atoms. The fraction of sp³-hybridized carbons (Fsp3) is 0.429. The number of hydrogen-bond donors (Lipinski definition) is 2. The van der Waals surface area contributed by atoms with Gasteiger partial charge >= 0.3 is 0 Å². The molecule has 2 aliphatic heterocycles. The van der Waals surface area contributed by atoms with E-state index in [2.05, 4.69) is 31.6 Å². The number of aryl methyl sites for hydroxylation is 1. The van der Waals surface area contributed by atoms with E-state index in [0.717, 1.165) is 55.0 Å². The summed E-state index contributed by atoms with van der Waals surface area (Å²) >= 11 is 0. The molecule has 2 aliphatic rings. The molecule has 146 valence electrons. The zero-order valence-corrected chi connectivity index (χ0v) is 16.0. The van der Waals surface area contributed by atoms with E-state index in [9.17, 15) is 9.59 Å². The summed E-state index contributed by atoms with van der Waals surface area (Å²) < 4.78 is 0. The number of fused-ring (bicyclic) bond motifs is 1. The zero-order valence-electron chi connectivity index (χ0n) is 16.0. The molecule has 2 N–H and O–H groups in total. The Bertz CT molecular complexity index is 862. The molecule has 1 aromatic carbocycles. The molecule has 1 fully saturated rings. The van der Waals surface area contributed by atoms with Gasteiger partial charge in [-0.2, -0.15) is 0 Å². The monoisotopic (exact) mass is 379 g/mol. The highest BCUT2D eigenvalue weighted by atomic mass is 16.2.